The van der Waals surface area contributed by atoms with Crippen LogP contribution in [-0.2, 0) is 19.1 Å². The van der Waals surface area contributed by atoms with Crippen molar-refractivity contribution in [2.24, 2.45) is 33.5 Å². The van der Waals surface area contributed by atoms with E-state index in [1.165, 1.54) is 0 Å². The van der Waals surface area contributed by atoms with E-state index in [9.17, 15) is 9.59 Å². The van der Waals surface area contributed by atoms with Crippen LogP contribution in [-0.4, -0.2) is 30.6 Å². The molecule has 4 nitrogen and oxygen atoms in total. The maximum Gasteiger partial charge on any atom is 0.164 e. The predicted octanol–water partition coefficient (Wildman–Crippen LogP) is 4.07. The molecule has 0 N–H and O–H groups in total. The fourth-order valence-corrected chi connectivity index (χ4v) is 8.10. The van der Waals surface area contributed by atoms with Crippen molar-refractivity contribution in [1.29, 1.82) is 0 Å². The summed E-state index contributed by atoms with van der Waals surface area (Å²) in [6, 6.07) is 0. The first kappa shape index (κ1) is 18.1. The van der Waals surface area contributed by atoms with Crippen LogP contribution in [0.25, 0.3) is 0 Å². The van der Waals surface area contributed by atoms with Crippen molar-refractivity contribution in [3.8, 4) is 0 Å². The van der Waals surface area contributed by atoms with Crippen molar-refractivity contribution < 1.29 is 19.1 Å². The summed E-state index contributed by atoms with van der Waals surface area (Å²) in [6.45, 7) is 8.61. The van der Waals surface area contributed by atoms with Crippen molar-refractivity contribution >= 4 is 11.6 Å². The lowest BCUT2D eigenvalue weighted by molar-refractivity contribution is -0.215. The van der Waals surface area contributed by atoms with Crippen molar-refractivity contribution in [2.45, 2.75) is 78.1 Å². The van der Waals surface area contributed by atoms with Gasteiger partial charge in [-0.2, -0.15) is 0 Å². The Morgan fingerprint density at radius 2 is 1.78 bits per heavy atom. The summed E-state index contributed by atoms with van der Waals surface area (Å²) in [7, 11) is 1.74. The summed E-state index contributed by atoms with van der Waals surface area (Å²) in [6.07, 6.45) is 9.17. The van der Waals surface area contributed by atoms with Crippen LogP contribution < -0.4 is 0 Å². The Bertz CT molecular complexity index is 768. The van der Waals surface area contributed by atoms with Crippen molar-refractivity contribution in [3.05, 3.63) is 12.2 Å². The van der Waals surface area contributed by atoms with Gasteiger partial charge in [-0.3, -0.25) is 9.59 Å². The highest BCUT2D eigenvalue weighted by Crippen LogP contribution is 2.76. The Kier molecular flexibility index (Phi) is 3.30. The Morgan fingerprint density at radius 1 is 1.04 bits per heavy atom. The van der Waals surface area contributed by atoms with Crippen LogP contribution in [0, 0.1) is 33.5 Å². The second kappa shape index (κ2) is 4.94. The van der Waals surface area contributed by atoms with E-state index in [0.717, 1.165) is 25.7 Å². The molecule has 1 spiro atoms. The zero-order valence-corrected chi connectivity index (χ0v) is 17.3. The topological polar surface area (TPSA) is 52.6 Å². The summed E-state index contributed by atoms with van der Waals surface area (Å²) >= 11 is 0. The minimum absolute atomic E-state index is 0.0684. The molecule has 1 aliphatic heterocycles. The number of rotatable bonds is 1. The lowest BCUT2D eigenvalue weighted by Crippen LogP contribution is -2.64. The molecular weight excluding hydrogens is 340 g/mol. The highest BCUT2D eigenvalue weighted by Gasteiger charge is 2.78. The molecule has 148 valence electrons. The summed E-state index contributed by atoms with van der Waals surface area (Å²) < 4.78 is 12.7. The van der Waals surface area contributed by atoms with E-state index >= 15 is 0 Å². The number of carbonyl (C=O) groups is 2. The monoisotopic (exact) mass is 372 g/mol. The van der Waals surface area contributed by atoms with Crippen molar-refractivity contribution in [3.63, 3.8) is 0 Å². The van der Waals surface area contributed by atoms with Gasteiger partial charge in [-0.05, 0) is 50.9 Å². The molecule has 4 fully saturated rings. The number of hydrogen-bond donors (Lipinski definition) is 0. The maximum absolute atomic E-state index is 12.9. The second-order valence-electron chi connectivity index (χ2n) is 10.7. The standard InChI is InChI=1S/C23H32O4/c1-19(2)16(24)7-6-15-22-13-12-21(4)17(25)9-10-20(21,3)14(22)8-11-23(15,19)27-18(22)26-5/h8,11,14-15,18H,6-7,9-10,12-13H2,1-5H3/t14-,15-,18+,20-,21+,22-,23+/m0/s1. The SMILES string of the molecule is CO[C@@H]1O[C@]23C=C[C@@H]4[C@@]1(CC[C@]1(C)C(=O)CC[C@@]41C)[C@@H]2CCC(=O)C3(C)C. The lowest BCUT2D eigenvalue weighted by Gasteiger charge is -2.63. The lowest BCUT2D eigenvalue weighted by atomic mass is 9.39. The fourth-order valence-electron chi connectivity index (χ4n) is 8.10. The molecule has 0 aromatic rings. The van der Waals surface area contributed by atoms with Gasteiger partial charge in [0.2, 0.25) is 0 Å². The Morgan fingerprint density at radius 3 is 2.48 bits per heavy atom. The first-order chi connectivity index (χ1) is 12.6. The third-order valence-corrected chi connectivity index (χ3v) is 10.1. The summed E-state index contributed by atoms with van der Waals surface area (Å²) in [5.41, 5.74) is -1.59. The quantitative estimate of drug-likeness (QED) is 0.651. The molecule has 0 aromatic heterocycles. The normalized spacial score (nSPS) is 55.2. The van der Waals surface area contributed by atoms with E-state index in [1.54, 1.807) is 7.11 Å². The molecule has 4 aliphatic carbocycles. The second-order valence-corrected chi connectivity index (χ2v) is 10.7. The number of methoxy groups -OCH3 is 1. The highest BCUT2D eigenvalue weighted by atomic mass is 16.7. The molecule has 0 radical (unpaired) electrons. The Balaban J connectivity index is 1.73. The third kappa shape index (κ3) is 1.63. The largest absolute Gasteiger partial charge is 0.355 e. The molecule has 0 aromatic carbocycles. The highest BCUT2D eigenvalue weighted by molar-refractivity contribution is 5.89. The van der Waals surface area contributed by atoms with Gasteiger partial charge >= 0.3 is 0 Å². The van der Waals surface area contributed by atoms with Gasteiger partial charge in [0.15, 0.2) is 6.29 Å². The molecule has 27 heavy (non-hydrogen) atoms. The molecule has 0 unspecified atom stereocenters. The van der Waals surface area contributed by atoms with Gasteiger partial charge in [-0.1, -0.05) is 26.0 Å². The third-order valence-electron chi connectivity index (χ3n) is 10.1. The summed E-state index contributed by atoms with van der Waals surface area (Å²) in [5.74, 6) is 1.24. The molecule has 5 rings (SSSR count). The minimum atomic E-state index is -0.577. The number of hydrogen-bond acceptors (Lipinski definition) is 4. The van der Waals surface area contributed by atoms with E-state index < -0.39 is 11.0 Å². The van der Waals surface area contributed by atoms with Gasteiger partial charge in [-0.15, -0.1) is 0 Å². The van der Waals surface area contributed by atoms with E-state index in [0.29, 0.717) is 18.6 Å². The molecule has 7 atom stereocenters. The fraction of sp³-hybridized carbons (Fsp3) is 0.826. The van der Waals surface area contributed by atoms with Crippen LogP contribution in [0.1, 0.15) is 66.2 Å². The molecular formula is C23H32O4. The molecule has 5 aliphatic rings. The van der Waals surface area contributed by atoms with Crippen molar-refractivity contribution in [1.82, 2.24) is 0 Å². The number of Topliss-reactive ketones (excluding diaryl/α,β-unsaturated/α-hetero) is 2. The van der Waals surface area contributed by atoms with Gasteiger partial charge in [0.25, 0.3) is 0 Å². The Hall–Kier alpha value is -1.00. The zero-order chi connectivity index (χ0) is 19.5. The van der Waals surface area contributed by atoms with Gasteiger partial charge in [0.1, 0.15) is 17.2 Å². The number of carbonyl (C=O) groups excluding carboxylic acids is 2. The first-order valence-electron chi connectivity index (χ1n) is 10.6. The van der Waals surface area contributed by atoms with Gasteiger partial charge < -0.3 is 9.47 Å². The van der Waals surface area contributed by atoms with Crippen LogP contribution >= 0.6 is 0 Å². The minimum Gasteiger partial charge on any atom is -0.355 e. The van der Waals surface area contributed by atoms with Crippen molar-refractivity contribution in [2.75, 3.05) is 7.11 Å². The smallest absolute Gasteiger partial charge is 0.164 e. The molecule has 0 amide bonds. The predicted molar refractivity (Wildman–Crippen MR) is 101 cm³/mol. The summed E-state index contributed by atoms with van der Waals surface area (Å²) in [4.78, 5) is 25.7. The Labute approximate surface area is 162 Å². The zero-order valence-electron chi connectivity index (χ0n) is 17.3. The van der Waals surface area contributed by atoms with Crippen LogP contribution in [0.3, 0.4) is 0 Å². The average Bonchev–Trinajstić information content (AvgIpc) is 2.97. The number of allylic oxidation sites excluding steroid dienone is 1. The molecule has 1 saturated heterocycles. The van der Waals surface area contributed by atoms with Gasteiger partial charge in [0.05, 0.1) is 5.41 Å². The van der Waals surface area contributed by atoms with Gasteiger partial charge in [-0.25, -0.2) is 0 Å². The molecule has 1 heterocycles. The van der Waals surface area contributed by atoms with Crippen LogP contribution in [0.15, 0.2) is 12.2 Å². The molecule has 4 heteroatoms. The van der Waals surface area contributed by atoms with E-state index in [-0.39, 0.29) is 40.2 Å². The van der Waals surface area contributed by atoms with Crippen LogP contribution in [0.2, 0.25) is 0 Å². The van der Waals surface area contributed by atoms with Crippen LogP contribution in [0.5, 0.6) is 0 Å². The van der Waals surface area contributed by atoms with E-state index in [1.807, 2.05) is 13.8 Å². The maximum atomic E-state index is 12.9. The number of ether oxygens (including phenoxy) is 2. The molecule has 2 bridgehead atoms. The van der Waals surface area contributed by atoms with E-state index in [4.69, 9.17) is 9.47 Å². The summed E-state index contributed by atoms with van der Waals surface area (Å²) in [5, 5.41) is 0. The number of ketones is 2. The first-order valence-corrected chi connectivity index (χ1v) is 10.6. The van der Waals surface area contributed by atoms with Gasteiger partial charge in [0, 0.05) is 36.7 Å². The molecule has 3 saturated carbocycles. The van der Waals surface area contributed by atoms with Crippen LogP contribution in [0.4, 0.5) is 0 Å². The van der Waals surface area contributed by atoms with E-state index in [2.05, 4.69) is 26.0 Å². The number of fused-ring (bicyclic) bond motifs is 2. The average molecular weight is 373 g/mol.